The van der Waals surface area contributed by atoms with E-state index in [1.54, 1.807) is 0 Å². The number of piperidine rings is 1. The van der Waals surface area contributed by atoms with Crippen molar-refractivity contribution in [3.63, 3.8) is 0 Å². The average Bonchev–Trinajstić information content (AvgIpc) is 3.37. The summed E-state index contributed by atoms with van der Waals surface area (Å²) in [6.45, 7) is 5.86. The Labute approximate surface area is 185 Å². The third-order valence-corrected chi connectivity index (χ3v) is 6.50. The Morgan fingerprint density at radius 2 is 1.52 bits per heavy atom. The molecule has 0 bridgehead atoms. The van der Waals surface area contributed by atoms with Crippen LogP contribution in [0.1, 0.15) is 58.9 Å². The molecule has 2 aliphatic rings. The maximum Gasteiger partial charge on any atom is 0.257 e. The molecule has 0 radical (unpaired) electrons. The maximum absolute atomic E-state index is 12.8. The van der Waals surface area contributed by atoms with E-state index >= 15 is 0 Å². The second-order valence-electron chi connectivity index (χ2n) is 8.59. The van der Waals surface area contributed by atoms with E-state index in [2.05, 4.69) is 6.92 Å². The molecule has 2 aromatic rings. The molecule has 2 aliphatic heterocycles. The number of nitrogens with zero attached hydrogens (tertiary/aromatic N) is 2. The van der Waals surface area contributed by atoms with Gasteiger partial charge in [-0.05, 0) is 67.9 Å². The lowest BCUT2D eigenvalue weighted by Gasteiger charge is -2.32. The molecule has 0 N–H and O–H groups in total. The number of ether oxygens (including phenoxy) is 1. The lowest BCUT2D eigenvalue weighted by atomic mass is 9.97. The predicted molar refractivity (Wildman–Crippen MR) is 122 cm³/mol. The molecule has 2 amide bonds. The topological polar surface area (TPSA) is 49.9 Å². The smallest absolute Gasteiger partial charge is 0.257 e. The second kappa shape index (κ2) is 9.99. The van der Waals surface area contributed by atoms with Crippen molar-refractivity contribution < 1.29 is 14.3 Å². The first kappa shape index (κ1) is 21.4. The monoisotopic (exact) mass is 420 g/mol. The zero-order chi connectivity index (χ0) is 21.6. The molecule has 0 unspecified atom stereocenters. The number of aryl methyl sites for hydroxylation is 1. The molecule has 0 aliphatic carbocycles. The Hall–Kier alpha value is -2.82. The van der Waals surface area contributed by atoms with Crippen LogP contribution in [0.3, 0.4) is 0 Å². The number of rotatable bonds is 6. The SMILES string of the molecule is CCc1ccc(C(=O)N2CCC(COc3ccccc3C(=O)N3CCCC3)CC2)cc1. The van der Waals surface area contributed by atoms with Crippen LogP contribution in [0.4, 0.5) is 0 Å². The predicted octanol–water partition coefficient (Wildman–Crippen LogP) is 4.42. The van der Waals surface area contributed by atoms with E-state index in [1.165, 1.54) is 5.56 Å². The zero-order valence-corrected chi connectivity index (χ0v) is 18.4. The summed E-state index contributed by atoms with van der Waals surface area (Å²) in [4.78, 5) is 29.5. The largest absolute Gasteiger partial charge is 0.492 e. The number of hydrogen-bond donors (Lipinski definition) is 0. The minimum atomic E-state index is 0.0719. The lowest BCUT2D eigenvalue weighted by molar-refractivity contribution is 0.0657. The number of para-hydroxylation sites is 1. The van der Waals surface area contributed by atoms with E-state index in [0.29, 0.717) is 23.8 Å². The fourth-order valence-corrected chi connectivity index (χ4v) is 4.44. The molecule has 0 aromatic heterocycles. The normalized spacial score (nSPS) is 17.1. The van der Waals surface area contributed by atoms with Gasteiger partial charge in [-0.1, -0.05) is 31.2 Å². The van der Waals surface area contributed by atoms with Crippen LogP contribution < -0.4 is 4.74 Å². The number of benzene rings is 2. The number of amides is 2. The summed E-state index contributed by atoms with van der Waals surface area (Å²) in [7, 11) is 0. The summed E-state index contributed by atoms with van der Waals surface area (Å²) in [5.74, 6) is 1.25. The zero-order valence-electron chi connectivity index (χ0n) is 18.4. The molecule has 2 heterocycles. The van der Waals surface area contributed by atoms with Gasteiger partial charge >= 0.3 is 0 Å². The van der Waals surface area contributed by atoms with Gasteiger partial charge in [0.05, 0.1) is 12.2 Å². The van der Waals surface area contributed by atoms with E-state index in [4.69, 9.17) is 4.74 Å². The van der Waals surface area contributed by atoms with Gasteiger partial charge in [0.15, 0.2) is 0 Å². The van der Waals surface area contributed by atoms with Crippen molar-refractivity contribution in [3.8, 4) is 5.75 Å². The molecule has 0 spiro atoms. The summed E-state index contributed by atoms with van der Waals surface area (Å²) < 4.78 is 6.11. The molecule has 5 heteroatoms. The Kier molecular flexibility index (Phi) is 6.90. The molecule has 31 heavy (non-hydrogen) atoms. The first-order valence-corrected chi connectivity index (χ1v) is 11.5. The van der Waals surface area contributed by atoms with Crippen molar-refractivity contribution in [2.75, 3.05) is 32.8 Å². The molecular weight excluding hydrogens is 388 g/mol. The minimum absolute atomic E-state index is 0.0719. The highest BCUT2D eigenvalue weighted by atomic mass is 16.5. The van der Waals surface area contributed by atoms with Gasteiger partial charge in [0.1, 0.15) is 5.75 Å². The molecule has 0 atom stereocenters. The van der Waals surface area contributed by atoms with Gasteiger partial charge < -0.3 is 14.5 Å². The molecule has 2 fully saturated rings. The summed E-state index contributed by atoms with van der Waals surface area (Å²) in [5, 5.41) is 0. The van der Waals surface area contributed by atoms with Gasteiger partial charge in [0.2, 0.25) is 0 Å². The Morgan fingerprint density at radius 1 is 0.871 bits per heavy atom. The molecule has 4 rings (SSSR count). The van der Waals surface area contributed by atoms with E-state index in [1.807, 2.05) is 58.3 Å². The Balaban J connectivity index is 1.30. The number of carbonyl (C=O) groups is 2. The lowest BCUT2D eigenvalue weighted by Crippen LogP contribution is -2.39. The van der Waals surface area contributed by atoms with Crippen LogP contribution in [0.25, 0.3) is 0 Å². The van der Waals surface area contributed by atoms with Crippen molar-refractivity contribution in [1.82, 2.24) is 9.80 Å². The average molecular weight is 421 g/mol. The van der Waals surface area contributed by atoms with E-state index in [9.17, 15) is 9.59 Å². The Morgan fingerprint density at radius 3 is 2.19 bits per heavy atom. The second-order valence-corrected chi connectivity index (χ2v) is 8.59. The highest BCUT2D eigenvalue weighted by Gasteiger charge is 2.26. The van der Waals surface area contributed by atoms with Crippen LogP contribution >= 0.6 is 0 Å². The molecule has 164 valence electrons. The van der Waals surface area contributed by atoms with Gasteiger partial charge in [-0.3, -0.25) is 9.59 Å². The van der Waals surface area contributed by atoms with Gasteiger partial charge in [-0.2, -0.15) is 0 Å². The number of likely N-dealkylation sites (tertiary alicyclic amines) is 2. The third kappa shape index (κ3) is 5.09. The van der Waals surface area contributed by atoms with Gasteiger partial charge in [0, 0.05) is 31.7 Å². The third-order valence-electron chi connectivity index (χ3n) is 6.50. The van der Waals surface area contributed by atoms with Crippen LogP contribution in [-0.4, -0.2) is 54.4 Å². The maximum atomic E-state index is 12.8. The van der Waals surface area contributed by atoms with Gasteiger partial charge in [0.25, 0.3) is 11.8 Å². The summed E-state index contributed by atoms with van der Waals surface area (Å²) >= 11 is 0. The number of hydrogen-bond acceptors (Lipinski definition) is 3. The Bertz CT molecular complexity index is 895. The van der Waals surface area contributed by atoms with Crippen LogP contribution in [0.5, 0.6) is 5.75 Å². The minimum Gasteiger partial charge on any atom is -0.492 e. The van der Waals surface area contributed by atoms with Crippen molar-refractivity contribution >= 4 is 11.8 Å². The number of carbonyl (C=O) groups excluding carboxylic acids is 2. The molecule has 0 saturated carbocycles. The van der Waals surface area contributed by atoms with Crippen molar-refractivity contribution in [1.29, 1.82) is 0 Å². The van der Waals surface area contributed by atoms with Crippen LogP contribution in [0.15, 0.2) is 48.5 Å². The van der Waals surface area contributed by atoms with Crippen LogP contribution in [-0.2, 0) is 6.42 Å². The van der Waals surface area contributed by atoms with Crippen molar-refractivity contribution in [3.05, 3.63) is 65.2 Å². The molecule has 2 aromatic carbocycles. The van der Waals surface area contributed by atoms with Crippen molar-refractivity contribution in [2.24, 2.45) is 5.92 Å². The summed E-state index contributed by atoms with van der Waals surface area (Å²) in [6, 6.07) is 15.5. The first-order valence-electron chi connectivity index (χ1n) is 11.5. The molecule has 5 nitrogen and oxygen atoms in total. The molecule has 2 saturated heterocycles. The van der Waals surface area contributed by atoms with Gasteiger partial charge in [-0.15, -0.1) is 0 Å². The van der Waals surface area contributed by atoms with Crippen molar-refractivity contribution in [2.45, 2.75) is 39.0 Å². The highest BCUT2D eigenvalue weighted by Crippen LogP contribution is 2.25. The van der Waals surface area contributed by atoms with E-state index in [0.717, 1.165) is 63.8 Å². The quantitative estimate of drug-likeness (QED) is 0.695. The summed E-state index contributed by atoms with van der Waals surface area (Å²) in [6.07, 6.45) is 4.97. The molecular formula is C26H32N2O3. The summed E-state index contributed by atoms with van der Waals surface area (Å²) in [5.41, 5.74) is 2.67. The van der Waals surface area contributed by atoms with Crippen LogP contribution in [0, 0.1) is 5.92 Å². The van der Waals surface area contributed by atoms with Crippen LogP contribution in [0.2, 0.25) is 0 Å². The fourth-order valence-electron chi connectivity index (χ4n) is 4.44. The first-order chi connectivity index (χ1) is 15.2. The highest BCUT2D eigenvalue weighted by molar-refractivity contribution is 5.97. The van der Waals surface area contributed by atoms with E-state index < -0.39 is 0 Å². The standard InChI is InChI=1S/C26H32N2O3/c1-2-20-9-11-22(12-10-20)25(29)28-17-13-21(14-18-28)19-31-24-8-4-3-7-23(24)26(30)27-15-5-6-16-27/h3-4,7-12,21H,2,5-6,13-19H2,1H3. The van der Waals surface area contributed by atoms with Gasteiger partial charge in [-0.25, -0.2) is 0 Å². The fraction of sp³-hybridized carbons (Fsp3) is 0.462. The van der Waals surface area contributed by atoms with E-state index in [-0.39, 0.29) is 11.8 Å².